The highest BCUT2D eigenvalue weighted by atomic mass is 35.5. The molecule has 2 aromatic rings. The van der Waals surface area contributed by atoms with Crippen molar-refractivity contribution in [3.05, 3.63) is 64.7 Å². The smallest absolute Gasteiger partial charge is 0.263 e. The number of rotatable bonds is 3. The van der Waals surface area contributed by atoms with Crippen molar-refractivity contribution in [3.63, 3.8) is 0 Å². The lowest BCUT2D eigenvalue weighted by Crippen LogP contribution is -2.39. The lowest BCUT2D eigenvalue weighted by atomic mass is 10.1. The normalized spacial score (nSPS) is 21.7. The van der Waals surface area contributed by atoms with Crippen molar-refractivity contribution in [3.8, 4) is 0 Å². The molecule has 9 heteroatoms. The monoisotopic (exact) mass is 376 g/mol. The number of imide groups is 1. The van der Waals surface area contributed by atoms with Crippen molar-refractivity contribution in [2.24, 2.45) is 10.3 Å². The van der Waals surface area contributed by atoms with Gasteiger partial charge in [-0.15, -0.1) is 0 Å². The first-order valence-corrected chi connectivity index (χ1v) is 8.09. The van der Waals surface area contributed by atoms with Crippen LogP contribution in [0.4, 0.5) is 14.5 Å². The Kier molecular flexibility index (Phi) is 3.91. The van der Waals surface area contributed by atoms with E-state index in [1.807, 2.05) is 0 Å². The topological polar surface area (TPSA) is 65.3 Å². The highest BCUT2D eigenvalue weighted by molar-refractivity contribution is 6.31. The third kappa shape index (κ3) is 2.53. The van der Waals surface area contributed by atoms with Crippen LogP contribution >= 0.6 is 11.6 Å². The Bertz CT molecular complexity index is 915. The zero-order chi connectivity index (χ0) is 18.4. The van der Waals surface area contributed by atoms with Gasteiger partial charge in [0.05, 0.1) is 12.2 Å². The lowest BCUT2D eigenvalue weighted by molar-refractivity contribution is -0.123. The Labute approximate surface area is 151 Å². The predicted octanol–water partition coefficient (Wildman–Crippen LogP) is 3.11. The molecule has 6 nitrogen and oxygen atoms in total. The van der Waals surface area contributed by atoms with Crippen molar-refractivity contribution >= 4 is 29.1 Å². The van der Waals surface area contributed by atoms with E-state index < -0.39 is 35.5 Å². The van der Waals surface area contributed by atoms with Gasteiger partial charge in [-0.25, -0.2) is 13.7 Å². The average molecular weight is 377 g/mol. The summed E-state index contributed by atoms with van der Waals surface area (Å²) < 4.78 is 27.1. The zero-order valence-electron chi connectivity index (χ0n) is 13.1. The quantitative estimate of drug-likeness (QED) is 0.773. The number of halogens is 3. The molecule has 2 atom stereocenters. The molecule has 1 fully saturated rings. The fourth-order valence-corrected chi connectivity index (χ4v) is 3.27. The largest absolute Gasteiger partial charge is 0.271 e. The summed E-state index contributed by atoms with van der Waals surface area (Å²) in [5.74, 6) is -2.13. The molecule has 0 radical (unpaired) electrons. The van der Waals surface area contributed by atoms with Gasteiger partial charge in [-0.05, 0) is 36.4 Å². The first-order valence-electron chi connectivity index (χ1n) is 7.71. The van der Waals surface area contributed by atoms with Gasteiger partial charge >= 0.3 is 0 Å². The van der Waals surface area contributed by atoms with Crippen LogP contribution < -0.4 is 4.90 Å². The van der Waals surface area contributed by atoms with Crippen LogP contribution in [0.15, 0.2) is 52.8 Å². The second-order valence-corrected chi connectivity index (χ2v) is 6.29. The van der Waals surface area contributed by atoms with E-state index >= 15 is 0 Å². The van der Waals surface area contributed by atoms with Gasteiger partial charge in [0, 0.05) is 10.6 Å². The summed E-state index contributed by atoms with van der Waals surface area (Å²) in [5, 5.41) is 9.14. The van der Waals surface area contributed by atoms with Gasteiger partial charge in [0.1, 0.15) is 11.6 Å². The third-order valence-electron chi connectivity index (χ3n) is 4.32. The van der Waals surface area contributed by atoms with Crippen LogP contribution in [0.3, 0.4) is 0 Å². The SMILES string of the molecule is O=C1[C@@H]2[C@@H](N=NN2Cc2c(F)cccc2Cl)C(=O)N1c1ccc(F)cc1. The van der Waals surface area contributed by atoms with E-state index in [1.165, 1.54) is 35.3 Å². The summed E-state index contributed by atoms with van der Waals surface area (Å²) in [6, 6.07) is 7.22. The van der Waals surface area contributed by atoms with Gasteiger partial charge in [0.2, 0.25) is 0 Å². The molecule has 132 valence electrons. The van der Waals surface area contributed by atoms with Gasteiger partial charge in [-0.3, -0.25) is 14.6 Å². The number of benzene rings is 2. The fourth-order valence-electron chi connectivity index (χ4n) is 3.04. The maximum absolute atomic E-state index is 14.0. The van der Waals surface area contributed by atoms with E-state index in [-0.39, 0.29) is 22.8 Å². The fraction of sp³-hybridized carbons (Fsp3) is 0.176. The minimum absolute atomic E-state index is 0.105. The van der Waals surface area contributed by atoms with Gasteiger partial charge in [0.25, 0.3) is 11.8 Å². The minimum Gasteiger partial charge on any atom is -0.271 e. The van der Waals surface area contributed by atoms with Gasteiger partial charge in [0.15, 0.2) is 12.1 Å². The summed E-state index contributed by atoms with van der Waals surface area (Å²) in [6.07, 6.45) is 0. The summed E-state index contributed by atoms with van der Waals surface area (Å²) in [6.45, 7) is -0.105. The molecule has 4 rings (SSSR count). The van der Waals surface area contributed by atoms with Gasteiger partial charge in [-0.2, -0.15) is 5.11 Å². The Morgan fingerprint density at radius 3 is 2.46 bits per heavy atom. The van der Waals surface area contributed by atoms with E-state index in [4.69, 9.17) is 11.6 Å². The molecule has 2 amide bonds. The first kappa shape index (κ1) is 16.6. The van der Waals surface area contributed by atoms with Crippen LogP contribution in [0, 0.1) is 11.6 Å². The minimum atomic E-state index is -1.02. The van der Waals surface area contributed by atoms with Gasteiger partial charge in [-0.1, -0.05) is 22.9 Å². The summed E-state index contributed by atoms with van der Waals surface area (Å²) in [4.78, 5) is 26.3. The second-order valence-electron chi connectivity index (χ2n) is 5.88. The highest BCUT2D eigenvalue weighted by Crippen LogP contribution is 2.34. The number of amides is 2. The number of carbonyl (C=O) groups is 2. The third-order valence-corrected chi connectivity index (χ3v) is 4.68. The van der Waals surface area contributed by atoms with E-state index in [9.17, 15) is 18.4 Å². The molecule has 26 heavy (non-hydrogen) atoms. The maximum Gasteiger partial charge on any atom is 0.263 e. The average Bonchev–Trinajstić information content (AvgIpc) is 3.13. The predicted molar refractivity (Wildman–Crippen MR) is 88.3 cm³/mol. The second kappa shape index (κ2) is 6.14. The van der Waals surface area contributed by atoms with Gasteiger partial charge < -0.3 is 0 Å². The number of hydrogen-bond donors (Lipinski definition) is 0. The molecule has 0 spiro atoms. The molecule has 2 aliphatic heterocycles. The number of fused-ring (bicyclic) bond motifs is 1. The standard InChI is InChI=1S/C17H11ClF2N4O2/c18-12-2-1-3-13(20)11(12)8-23-15-14(21-22-23)16(25)24(17(15)26)10-6-4-9(19)5-7-10/h1-7,14-15H,8H2/t14-,15+/m1/s1. The molecule has 1 saturated heterocycles. The molecular weight excluding hydrogens is 366 g/mol. The maximum atomic E-state index is 14.0. The summed E-state index contributed by atoms with van der Waals surface area (Å²) in [5.41, 5.74) is 0.407. The zero-order valence-corrected chi connectivity index (χ0v) is 13.9. The van der Waals surface area contributed by atoms with Crippen molar-refractivity contribution in [2.45, 2.75) is 18.6 Å². The molecule has 0 unspecified atom stereocenters. The van der Waals surface area contributed by atoms with E-state index in [1.54, 1.807) is 0 Å². The van der Waals surface area contributed by atoms with Crippen LogP contribution in [-0.4, -0.2) is 28.9 Å². The number of anilines is 1. The van der Waals surface area contributed by atoms with Crippen molar-refractivity contribution in [1.82, 2.24) is 5.01 Å². The van der Waals surface area contributed by atoms with Crippen LogP contribution in [-0.2, 0) is 16.1 Å². The van der Waals surface area contributed by atoms with E-state index in [0.717, 1.165) is 17.0 Å². The Balaban J connectivity index is 1.63. The molecule has 0 aromatic heterocycles. The van der Waals surface area contributed by atoms with Crippen LogP contribution in [0.25, 0.3) is 0 Å². The van der Waals surface area contributed by atoms with Crippen molar-refractivity contribution in [2.75, 3.05) is 4.90 Å². The molecular formula is C17H11ClF2N4O2. The summed E-state index contributed by atoms with van der Waals surface area (Å²) in [7, 11) is 0. The van der Waals surface area contributed by atoms with Crippen LogP contribution in [0.2, 0.25) is 5.02 Å². The van der Waals surface area contributed by atoms with Crippen LogP contribution in [0.1, 0.15) is 5.56 Å². The van der Waals surface area contributed by atoms with Crippen LogP contribution in [0.5, 0.6) is 0 Å². The van der Waals surface area contributed by atoms with E-state index in [2.05, 4.69) is 10.3 Å². The Hall–Kier alpha value is -2.87. The van der Waals surface area contributed by atoms with Crippen molar-refractivity contribution < 1.29 is 18.4 Å². The molecule has 0 N–H and O–H groups in total. The molecule has 2 heterocycles. The number of carbonyl (C=O) groups excluding carboxylic acids is 2. The molecule has 0 aliphatic carbocycles. The Morgan fingerprint density at radius 1 is 1.04 bits per heavy atom. The Morgan fingerprint density at radius 2 is 1.77 bits per heavy atom. The first-order chi connectivity index (χ1) is 12.5. The summed E-state index contributed by atoms with van der Waals surface area (Å²) >= 11 is 6.02. The molecule has 2 aliphatic rings. The molecule has 2 aromatic carbocycles. The van der Waals surface area contributed by atoms with E-state index in [0.29, 0.717) is 0 Å². The lowest BCUT2D eigenvalue weighted by Gasteiger charge is -2.21. The molecule has 0 saturated carbocycles. The number of hydrogen-bond acceptors (Lipinski definition) is 5. The van der Waals surface area contributed by atoms with Crippen molar-refractivity contribution in [1.29, 1.82) is 0 Å². The highest BCUT2D eigenvalue weighted by Gasteiger charge is 2.54. The number of nitrogens with zero attached hydrogens (tertiary/aromatic N) is 4. The molecule has 0 bridgehead atoms.